The molecular formula is C11H22N2O2. The molecule has 0 aliphatic carbocycles. The second-order valence-electron chi connectivity index (χ2n) is 4.83. The largest absolute Gasteiger partial charge is 0.384 e. The van der Waals surface area contributed by atoms with Crippen molar-refractivity contribution in [1.82, 2.24) is 9.80 Å². The number of nitrogens with zero attached hydrogens (tertiary/aromatic N) is 2. The second kappa shape index (κ2) is 4.49. The van der Waals surface area contributed by atoms with Gasteiger partial charge in [-0.25, -0.2) is 0 Å². The van der Waals surface area contributed by atoms with Crippen LogP contribution < -0.4 is 0 Å². The van der Waals surface area contributed by atoms with Crippen molar-refractivity contribution in [1.29, 1.82) is 0 Å². The van der Waals surface area contributed by atoms with E-state index in [1.165, 1.54) is 6.92 Å². The number of amides is 1. The van der Waals surface area contributed by atoms with Crippen LogP contribution in [0.2, 0.25) is 0 Å². The molecule has 0 bridgehead atoms. The third-order valence-electron chi connectivity index (χ3n) is 3.12. The summed E-state index contributed by atoms with van der Waals surface area (Å²) >= 11 is 0. The van der Waals surface area contributed by atoms with Crippen molar-refractivity contribution in [3.05, 3.63) is 0 Å². The number of aliphatic hydroxyl groups is 1. The average molecular weight is 214 g/mol. The summed E-state index contributed by atoms with van der Waals surface area (Å²) in [6.07, 6.45) is -0.881. The fourth-order valence-corrected chi connectivity index (χ4v) is 2.23. The number of hydrogen-bond donors (Lipinski definition) is 1. The summed E-state index contributed by atoms with van der Waals surface area (Å²) in [7, 11) is 0. The molecule has 1 fully saturated rings. The van der Waals surface area contributed by atoms with Gasteiger partial charge in [0.2, 0.25) is 0 Å². The summed E-state index contributed by atoms with van der Waals surface area (Å²) in [5, 5.41) is 9.26. The third kappa shape index (κ3) is 2.69. The number of hydrogen-bond acceptors (Lipinski definition) is 3. The fourth-order valence-electron chi connectivity index (χ4n) is 2.23. The Morgan fingerprint density at radius 1 is 1.47 bits per heavy atom. The first kappa shape index (κ1) is 12.5. The Hall–Kier alpha value is -0.610. The van der Waals surface area contributed by atoms with Gasteiger partial charge in [-0.2, -0.15) is 0 Å². The summed E-state index contributed by atoms with van der Waals surface area (Å²) in [6.45, 7) is 11.3. The third-order valence-corrected chi connectivity index (χ3v) is 3.12. The first-order valence-corrected chi connectivity index (χ1v) is 5.60. The van der Waals surface area contributed by atoms with Crippen LogP contribution in [0.15, 0.2) is 0 Å². The van der Waals surface area contributed by atoms with E-state index in [-0.39, 0.29) is 11.4 Å². The molecule has 0 aromatic rings. The van der Waals surface area contributed by atoms with Gasteiger partial charge in [0.1, 0.15) is 6.10 Å². The van der Waals surface area contributed by atoms with E-state index in [1.54, 1.807) is 4.90 Å². The highest BCUT2D eigenvalue weighted by atomic mass is 16.3. The number of piperazine rings is 1. The summed E-state index contributed by atoms with van der Waals surface area (Å²) in [5.74, 6) is -0.154. The van der Waals surface area contributed by atoms with Crippen LogP contribution in [-0.4, -0.2) is 58.6 Å². The van der Waals surface area contributed by atoms with Crippen molar-refractivity contribution in [2.24, 2.45) is 0 Å². The van der Waals surface area contributed by atoms with E-state index in [0.717, 1.165) is 19.6 Å². The van der Waals surface area contributed by atoms with E-state index in [2.05, 4.69) is 25.7 Å². The minimum absolute atomic E-state index is 0.0115. The molecule has 1 N–H and O–H groups in total. The van der Waals surface area contributed by atoms with E-state index in [1.807, 2.05) is 0 Å². The molecule has 1 amide bonds. The number of rotatable bonds is 2. The molecule has 1 aliphatic heterocycles. The quantitative estimate of drug-likeness (QED) is 0.719. The Bertz CT molecular complexity index is 239. The van der Waals surface area contributed by atoms with Crippen molar-refractivity contribution in [3.8, 4) is 0 Å². The van der Waals surface area contributed by atoms with Crippen LogP contribution >= 0.6 is 0 Å². The summed E-state index contributed by atoms with van der Waals surface area (Å²) in [6, 6.07) is 0. The minimum Gasteiger partial charge on any atom is -0.384 e. The zero-order valence-electron chi connectivity index (χ0n) is 10.2. The van der Waals surface area contributed by atoms with Crippen LogP contribution in [0, 0.1) is 0 Å². The molecule has 88 valence electrons. The zero-order valence-corrected chi connectivity index (χ0v) is 10.2. The van der Waals surface area contributed by atoms with Crippen LogP contribution in [-0.2, 0) is 4.79 Å². The molecule has 0 spiro atoms. The molecular weight excluding hydrogens is 192 g/mol. The van der Waals surface area contributed by atoms with E-state index in [4.69, 9.17) is 0 Å². The Labute approximate surface area is 91.9 Å². The molecule has 1 heterocycles. The van der Waals surface area contributed by atoms with Gasteiger partial charge in [-0.3, -0.25) is 9.69 Å². The van der Waals surface area contributed by atoms with Gasteiger partial charge in [0, 0.05) is 25.2 Å². The molecule has 1 aliphatic rings. The van der Waals surface area contributed by atoms with Crippen molar-refractivity contribution in [2.45, 2.75) is 39.3 Å². The fraction of sp³-hybridized carbons (Fsp3) is 0.909. The van der Waals surface area contributed by atoms with Crippen LogP contribution in [0.3, 0.4) is 0 Å². The number of likely N-dealkylation sites (N-methyl/N-ethyl adjacent to an activating group) is 1. The van der Waals surface area contributed by atoms with Gasteiger partial charge >= 0.3 is 0 Å². The Morgan fingerprint density at radius 2 is 2.07 bits per heavy atom. The predicted molar refractivity (Wildman–Crippen MR) is 59.6 cm³/mol. The molecule has 4 nitrogen and oxygen atoms in total. The molecule has 1 rings (SSSR count). The number of carbonyl (C=O) groups is 1. The van der Waals surface area contributed by atoms with E-state index in [0.29, 0.717) is 6.54 Å². The van der Waals surface area contributed by atoms with Crippen molar-refractivity contribution in [2.75, 3.05) is 26.2 Å². The van der Waals surface area contributed by atoms with E-state index >= 15 is 0 Å². The molecule has 0 saturated carbocycles. The highest BCUT2D eigenvalue weighted by Gasteiger charge is 2.35. The maximum Gasteiger partial charge on any atom is 0.251 e. The first-order chi connectivity index (χ1) is 6.88. The van der Waals surface area contributed by atoms with E-state index < -0.39 is 6.10 Å². The molecule has 1 saturated heterocycles. The Kier molecular flexibility index (Phi) is 3.73. The molecule has 0 unspecified atom stereocenters. The van der Waals surface area contributed by atoms with Crippen molar-refractivity contribution in [3.63, 3.8) is 0 Å². The van der Waals surface area contributed by atoms with Crippen LogP contribution in [0.4, 0.5) is 0 Å². The Balaban J connectivity index is 2.66. The molecule has 0 aromatic carbocycles. The lowest BCUT2D eigenvalue weighted by Gasteiger charge is -2.47. The van der Waals surface area contributed by atoms with Crippen LogP contribution in [0.25, 0.3) is 0 Å². The maximum absolute atomic E-state index is 11.6. The van der Waals surface area contributed by atoms with Gasteiger partial charge in [0.05, 0.1) is 0 Å². The minimum atomic E-state index is -0.881. The highest BCUT2D eigenvalue weighted by molar-refractivity contribution is 5.80. The smallest absolute Gasteiger partial charge is 0.251 e. The van der Waals surface area contributed by atoms with Crippen molar-refractivity contribution < 1.29 is 9.90 Å². The Morgan fingerprint density at radius 3 is 2.47 bits per heavy atom. The lowest BCUT2D eigenvalue weighted by Crippen LogP contribution is -2.61. The first-order valence-electron chi connectivity index (χ1n) is 5.60. The zero-order chi connectivity index (χ0) is 11.6. The normalized spacial score (nSPS) is 23.9. The van der Waals surface area contributed by atoms with Gasteiger partial charge in [0.15, 0.2) is 0 Å². The monoisotopic (exact) mass is 214 g/mol. The molecule has 15 heavy (non-hydrogen) atoms. The topological polar surface area (TPSA) is 43.8 Å². The average Bonchev–Trinajstić information content (AvgIpc) is 2.15. The van der Waals surface area contributed by atoms with Gasteiger partial charge in [-0.15, -0.1) is 0 Å². The van der Waals surface area contributed by atoms with Crippen LogP contribution in [0.1, 0.15) is 27.7 Å². The lowest BCUT2D eigenvalue weighted by molar-refractivity contribution is -0.144. The SMILES string of the molecule is CCN1CCN(C(=O)[C@H](C)O)CC1(C)C. The maximum atomic E-state index is 11.6. The van der Waals surface area contributed by atoms with Gasteiger partial charge in [-0.1, -0.05) is 6.92 Å². The highest BCUT2D eigenvalue weighted by Crippen LogP contribution is 2.20. The molecule has 0 aromatic heterocycles. The van der Waals surface area contributed by atoms with Crippen molar-refractivity contribution >= 4 is 5.91 Å². The van der Waals surface area contributed by atoms with Gasteiger partial charge in [0.25, 0.3) is 5.91 Å². The second-order valence-corrected chi connectivity index (χ2v) is 4.83. The molecule has 1 atom stereocenters. The number of carbonyl (C=O) groups excluding carboxylic acids is 1. The lowest BCUT2D eigenvalue weighted by atomic mass is 9.98. The molecule has 0 radical (unpaired) electrons. The summed E-state index contributed by atoms with van der Waals surface area (Å²) < 4.78 is 0. The molecule has 4 heteroatoms. The predicted octanol–water partition coefficient (Wildman–Crippen LogP) is 0.310. The van der Waals surface area contributed by atoms with E-state index in [9.17, 15) is 9.90 Å². The van der Waals surface area contributed by atoms with Gasteiger partial charge in [-0.05, 0) is 27.3 Å². The summed E-state index contributed by atoms with van der Waals surface area (Å²) in [4.78, 5) is 15.8. The van der Waals surface area contributed by atoms with Crippen LogP contribution in [0.5, 0.6) is 0 Å². The summed E-state index contributed by atoms with van der Waals surface area (Å²) in [5.41, 5.74) is 0.0115. The van der Waals surface area contributed by atoms with Gasteiger partial charge < -0.3 is 10.0 Å². The standard InChI is InChI=1S/C11H22N2O2/c1-5-13-7-6-12(8-11(13,3)4)10(15)9(2)14/h9,14H,5-8H2,1-4H3/t9-/m0/s1. The number of aliphatic hydroxyl groups excluding tert-OH is 1.